The van der Waals surface area contributed by atoms with Gasteiger partial charge in [0.1, 0.15) is 11.7 Å². The van der Waals surface area contributed by atoms with Gasteiger partial charge < -0.3 is 19.9 Å². The Morgan fingerprint density at radius 3 is 2.85 bits per heavy atom. The van der Waals surface area contributed by atoms with Gasteiger partial charge in [-0.3, -0.25) is 4.79 Å². The predicted molar refractivity (Wildman–Crippen MR) is 74.7 cm³/mol. The molecule has 0 atom stereocenters. The van der Waals surface area contributed by atoms with E-state index in [1.807, 2.05) is 4.57 Å². The van der Waals surface area contributed by atoms with Crippen molar-refractivity contribution in [3.05, 3.63) is 12.2 Å². The molecule has 0 unspecified atom stereocenters. The molecule has 108 valence electrons. The lowest BCUT2D eigenvalue weighted by atomic mass is 9.78. The van der Waals surface area contributed by atoms with E-state index in [-0.39, 0.29) is 10.9 Å². The zero-order valence-corrected chi connectivity index (χ0v) is 11.9. The van der Waals surface area contributed by atoms with Crippen LogP contribution in [0, 0.1) is 5.41 Å². The van der Waals surface area contributed by atoms with Crippen molar-refractivity contribution in [3.63, 3.8) is 0 Å². The molecule has 1 aromatic heterocycles. The summed E-state index contributed by atoms with van der Waals surface area (Å²) >= 11 is 5.18. The zero-order chi connectivity index (χ0) is 14.2. The van der Waals surface area contributed by atoms with Gasteiger partial charge in [0.05, 0.1) is 11.5 Å². The van der Waals surface area contributed by atoms with Crippen LogP contribution in [0.2, 0.25) is 0 Å². The summed E-state index contributed by atoms with van der Waals surface area (Å²) in [6, 6.07) is 0. The molecule has 0 bridgehead atoms. The van der Waals surface area contributed by atoms with Gasteiger partial charge in [-0.05, 0) is 12.8 Å². The maximum absolute atomic E-state index is 12.9. The first-order chi connectivity index (χ1) is 9.63. The number of thiocarbonyl (C=S) groups is 1. The van der Waals surface area contributed by atoms with Crippen molar-refractivity contribution in [1.82, 2.24) is 19.7 Å². The van der Waals surface area contributed by atoms with E-state index in [1.165, 1.54) is 0 Å². The first-order valence-corrected chi connectivity index (χ1v) is 7.08. The van der Waals surface area contributed by atoms with Crippen molar-refractivity contribution in [2.24, 2.45) is 11.1 Å². The number of ether oxygens (including phenoxy) is 1. The summed E-state index contributed by atoms with van der Waals surface area (Å²) in [6.45, 7) is 2.84. The van der Waals surface area contributed by atoms with Crippen LogP contribution < -0.4 is 5.73 Å². The van der Waals surface area contributed by atoms with Crippen molar-refractivity contribution in [1.29, 1.82) is 0 Å². The van der Waals surface area contributed by atoms with Gasteiger partial charge in [-0.2, -0.15) is 0 Å². The van der Waals surface area contributed by atoms with Crippen LogP contribution in [0.15, 0.2) is 6.33 Å². The fraction of sp³-hybridized carbons (Fsp3) is 0.667. The minimum Gasteiger partial charge on any atom is -0.392 e. The molecule has 20 heavy (non-hydrogen) atoms. The lowest BCUT2D eigenvalue weighted by molar-refractivity contribution is -0.144. The summed E-state index contributed by atoms with van der Waals surface area (Å²) in [7, 11) is 0. The second-order valence-corrected chi connectivity index (χ2v) is 5.67. The monoisotopic (exact) mass is 295 g/mol. The number of nitrogens with zero attached hydrogens (tertiary/aromatic N) is 4. The van der Waals surface area contributed by atoms with Gasteiger partial charge in [-0.25, -0.2) is 0 Å². The van der Waals surface area contributed by atoms with Gasteiger partial charge in [0.2, 0.25) is 5.91 Å². The van der Waals surface area contributed by atoms with Crippen molar-refractivity contribution in [2.45, 2.75) is 25.9 Å². The number of nitrogens with two attached hydrogens (primary N) is 1. The van der Waals surface area contributed by atoms with Crippen molar-refractivity contribution in [3.8, 4) is 0 Å². The van der Waals surface area contributed by atoms with Gasteiger partial charge in [-0.15, -0.1) is 10.2 Å². The highest BCUT2D eigenvalue weighted by Gasteiger charge is 2.45. The van der Waals surface area contributed by atoms with Crippen molar-refractivity contribution in [2.75, 3.05) is 19.8 Å². The van der Waals surface area contributed by atoms with Crippen LogP contribution in [0.25, 0.3) is 0 Å². The minimum atomic E-state index is -0.754. The van der Waals surface area contributed by atoms with Crippen LogP contribution in [0.1, 0.15) is 18.7 Å². The van der Waals surface area contributed by atoms with Gasteiger partial charge in [0.15, 0.2) is 5.82 Å². The molecule has 2 aliphatic heterocycles. The van der Waals surface area contributed by atoms with Crippen LogP contribution in [0.5, 0.6) is 0 Å². The van der Waals surface area contributed by atoms with E-state index in [4.69, 9.17) is 22.7 Å². The van der Waals surface area contributed by atoms with Crippen LogP contribution in [0.3, 0.4) is 0 Å². The van der Waals surface area contributed by atoms with Crippen LogP contribution in [-0.2, 0) is 22.6 Å². The molecule has 3 heterocycles. The second kappa shape index (κ2) is 5.10. The molecule has 7 nitrogen and oxygen atoms in total. The van der Waals surface area contributed by atoms with E-state index < -0.39 is 5.41 Å². The second-order valence-electron chi connectivity index (χ2n) is 5.23. The van der Waals surface area contributed by atoms with E-state index in [9.17, 15) is 4.79 Å². The topological polar surface area (TPSA) is 86.3 Å². The highest BCUT2D eigenvalue weighted by Crippen LogP contribution is 2.34. The Labute approximate surface area is 122 Å². The molecule has 2 aliphatic rings. The molecule has 0 aromatic carbocycles. The van der Waals surface area contributed by atoms with E-state index in [0.29, 0.717) is 45.7 Å². The lowest BCUT2D eigenvalue weighted by Crippen LogP contribution is -2.54. The molecule has 1 saturated heterocycles. The van der Waals surface area contributed by atoms with Gasteiger partial charge >= 0.3 is 0 Å². The highest BCUT2D eigenvalue weighted by molar-refractivity contribution is 7.80. The number of hydrogen-bond donors (Lipinski definition) is 1. The maximum Gasteiger partial charge on any atom is 0.236 e. The smallest absolute Gasteiger partial charge is 0.236 e. The number of amides is 1. The summed E-state index contributed by atoms with van der Waals surface area (Å²) in [6.07, 6.45) is 2.81. The Kier molecular flexibility index (Phi) is 3.43. The van der Waals surface area contributed by atoms with E-state index in [2.05, 4.69) is 10.2 Å². The van der Waals surface area contributed by atoms with E-state index in [0.717, 1.165) is 5.82 Å². The van der Waals surface area contributed by atoms with Crippen LogP contribution >= 0.6 is 12.2 Å². The predicted octanol–water partition coefficient (Wildman–Crippen LogP) is -0.297. The van der Waals surface area contributed by atoms with Crippen molar-refractivity contribution < 1.29 is 9.53 Å². The highest BCUT2D eigenvalue weighted by atomic mass is 32.1. The molecule has 8 heteroatoms. The molecule has 0 radical (unpaired) electrons. The summed E-state index contributed by atoms with van der Waals surface area (Å²) in [5.74, 6) is 0.803. The quantitative estimate of drug-likeness (QED) is 0.754. The Hall–Kier alpha value is -1.54. The molecule has 0 saturated carbocycles. The number of hydrogen-bond acceptors (Lipinski definition) is 5. The molecular weight excluding hydrogens is 278 g/mol. The number of fused-ring (bicyclic) bond motifs is 1. The first-order valence-electron chi connectivity index (χ1n) is 6.67. The summed E-state index contributed by atoms with van der Waals surface area (Å²) < 4.78 is 7.30. The fourth-order valence-electron chi connectivity index (χ4n) is 2.83. The average Bonchev–Trinajstić information content (AvgIpc) is 2.94. The van der Waals surface area contributed by atoms with E-state index in [1.54, 1.807) is 11.2 Å². The van der Waals surface area contributed by atoms with E-state index >= 15 is 0 Å². The summed E-state index contributed by atoms with van der Waals surface area (Å²) in [5, 5.41) is 7.90. The fourth-order valence-corrected chi connectivity index (χ4v) is 3.12. The number of rotatable bonds is 2. The normalized spacial score (nSPS) is 21.3. The van der Waals surface area contributed by atoms with Crippen molar-refractivity contribution >= 4 is 23.1 Å². The molecule has 0 spiro atoms. The lowest BCUT2D eigenvalue weighted by Gasteiger charge is -2.39. The molecular formula is C12H17N5O2S. The SMILES string of the molecule is NC(=S)C1(C(=O)N2CCn3cnnc3C2)CCOCC1. The molecule has 1 fully saturated rings. The van der Waals surface area contributed by atoms with Gasteiger partial charge in [0.25, 0.3) is 0 Å². The van der Waals surface area contributed by atoms with Crippen LogP contribution in [-0.4, -0.2) is 50.3 Å². The Morgan fingerprint density at radius 1 is 1.40 bits per heavy atom. The van der Waals surface area contributed by atoms with Crippen LogP contribution in [0.4, 0.5) is 0 Å². The minimum absolute atomic E-state index is 0.00236. The summed E-state index contributed by atoms with van der Waals surface area (Å²) in [5.41, 5.74) is 5.13. The number of carbonyl (C=O) groups excluding carboxylic acids is 1. The third kappa shape index (κ3) is 2.08. The molecule has 1 aromatic rings. The number of carbonyl (C=O) groups is 1. The first kappa shape index (κ1) is 13.4. The Balaban J connectivity index is 1.82. The summed E-state index contributed by atoms with van der Waals surface area (Å²) in [4.78, 5) is 15.0. The average molecular weight is 295 g/mol. The van der Waals surface area contributed by atoms with Gasteiger partial charge in [-0.1, -0.05) is 12.2 Å². The largest absolute Gasteiger partial charge is 0.392 e. The Bertz CT molecular complexity index is 538. The molecule has 1 amide bonds. The third-order valence-corrected chi connectivity index (χ3v) is 4.54. The number of aromatic nitrogens is 3. The standard InChI is InChI=1S/C12H17N5O2S/c13-10(20)12(1-5-19-6-2-12)11(18)16-3-4-17-8-14-15-9(17)7-16/h8H,1-7H2,(H2,13,20). The molecule has 2 N–H and O–H groups in total. The molecule has 0 aliphatic carbocycles. The van der Waals surface area contributed by atoms with Gasteiger partial charge in [0, 0.05) is 26.3 Å². The molecule has 3 rings (SSSR count). The zero-order valence-electron chi connectivity index (χ0n) is 11.1. The Morgan fingerprint density at radius 2 is 2.15 bits per heavy atom. The third-order valence-electron chi connectivity index (χ3n) is 4.15. The maximum atomic E-state index is 12.9.